The summed E-state index contributed by atoms with van der Waals surface area (Å²) in [7, 11) is 0. The van der Waals surface area contributed by atoms with Gasteiger partial charge >= 0.3 is 0 Å². The van der Waals surface area contributed by atoms with E-state index in [1.54, 1.807) is 36.1 Å². The maximum atomic E-state index is 13.1. The van der Waals surface area contributed by atoms with Crippen LogP contribution in [-0.4, -0.2) is 58.6 Å². The molecule has 0 aliphatic carbocycles. The van der Waals surface area contributed by atoms with Crippen LogP contribution in [0.1, 0.15) is 60.7 Å². The Bertz CT molecular complexity index is 762. The maximum absolute atomic E-state index is 13.1. The standard InChI is InChI=1S/C21H27N3O4/c1-13(2)12-18(19(26)22-15-8-10-23(11-9-15)14(3)25)24-20(27)16-6-4-5-7-17(16)21(24)28/h4-7,13,15,18H,8-12H2,1-3H3,(H,22,26)/t18-/m1/s1. The zero-order chi connectivity index (χ0) is 20.4. The third-order valence-corrected chi connectivity index (χ3v) is 5.42. The van der Waals surface area contributed by atoms with Gasteiger partial charge in [0, 0.05) is 26.1 Å². The van der Waals surface area contributed by atoms with Gasteiger partial charge in [-0.15, -0.1) is 0 Å². The molecule has 150 valence electrons. The Morgan fingerprint density at radius 1 is 1.07 bits per heavy atom. The lowest BCUT2D eigenvalue weighted by atomic mass is 9.99. The molecule has 28 heavy (non-hydrogen) atoms. The van der Waals surface area contributed by atoms with Crippen LogP contribution in [0.2, 0.25) is 0 Å². The van der Waals surface area contributed by atoms with E-state index in [1.807, 2.05) is 13.8 Å². The molecular weight excluding hydrogens is 358 g/mol. The van der Waals surface area contributed by atoms with E-state index in [4.69, 9.17) is 0 Å². The van der Waals surface area contributed by atoms with Gasteiger partial charge in [-0.25, -0.2) is 0 Å². The summed E-state index contributed by atoms with van der Waals surface area (Å²) in [5, 5.41) is 3.01. The molecule has 3 rings (SSSR count). The first-order valence-corrected chi connectivity index (χ1v) is 9.82. The fourth-order valence-electron chi connectivity index (χ4n) is 3.90. The number of carbonyl (C=O) groups is 4. The number of fused-ring (bicyclic) bond motifs is 1. The fraction of sp³-hybridized carbons (Fsp3) is 0.524. The van der Waals surface area contributed by atoms with Crippen molar-refractivity contribution in [1.82, 2.24) is 15.1 Å². The number of hydrogen-bond acceptors (Lipinski definition) is 4. The number of nitrogens with one attached hydrogen (secondary N) is 1. The Morgan fingerprint density at radius 3 is 2.07 bits per heavy atom. The molecule has 2 aliphatic rings. The monoisotopic (exact) mass is 385 g/mol. The Balaban J connectivity index is 1.74. The normalized spacial score (nSPS) is 18.4. The van der Waals surface area contributed by atoms with E-state index < -0.39 is 17.9 Å². The summed E-state index contributed by atoms with van der Waals surface area (Å²) in [6.45, 7) is 6.66. The van der Waals surface area contributed by atoms with E-state index in [-0.39, 0.29) is 23.8 Å². The van der Waals surface area contributed by atoms with Gasteiger partial charge in [0.25, 0.3) is 11.8 Å². The Morgan fingerprint density at radius 2 is 1.61 bits per heavy atom. The smallest absolute Gasteiger partial charge is 0.262 e. The van der Waals surface area contributed by atoms with Crippen LogP contribution in [0.4, 0.5) is 0 Å². The van der Waals surface area contributed by atoms with Gasteiger partial charge in [-0.1, -0.05) is 26.0 Å². The summed E-state index contributed by atoms with van der Waals surface area (Å²) in [6, 6.07) is 5.78. The minimum atomic E-state index is -0.835. The minimum Gasteiger partial charge on any atom is -0.351 e. The Kier molecular flexibility index (Phi) is 5.82. The van der Waals surface area contributed by atoms with Gasteiger partial charge < -0.3 is 10.2 Å². The summed E-state index contributed by atoms with van der Waals surface area (Å²) in [5.41, 5.74) is 0.702. The molecule has 1 fully saturated rings. The average molecular weight is 385 g/mol. The number of amides is 4. The van der Waals surface area contributed by atoms with Crippen LogP contribution >= 0.6 is 0 Å². The molecule has 0 aromatic heterocycles. The maximum Gasteiger partial charge on any atom is 0.262 e. The van der Waals surface area contributed by atoms with Crippen molar-refractivity contribution in [2.75, 3.05) is 13.1 Å². The second kappa shape index (κ2) is 8.12. The van der Waals surface area contributed by atoms with Crippen molar-refractivity contribution < 1.29 is 19.2 Å². The van der Waals surface area contributed by atoms with E-state index in [0.717, 1.165) is 4.90 Å². The molecule has 7 heteroatoms. The first-order valence-electron chi connectivity index (χ1n) is 9.82. The van der Waals surface area contributed by atoms with Crippen LogP contribution in [0.3, 0.4) is 0 Å². The molecule has 1 aromatic carbocycles. The van der Waals surface area contributed by atoms with E-state index in [1.165, 1.54) is 0 Å². The third kappa shape index (κ3) is 3.93. The Labute approximate surface area is 165 Å². The highest BCUT2D eigenvalue weighted by Gasteiger charge is 2.43. The Hall–Kier alpha value is -2.70. The highest BCUT2D eigenvalue weighted by molar-refractivity contribution is 6.22. The molecule has 2 heterocycles. The molecule has 2 aliphatic heterocycles. The SMILES string of the molecule is CC(=O)N1CCC(NC(=O)[C@@H](CC(C)C)N2C(=O)c3ccccc3C2=O)CC1. The second-order valence-electron chi connectivity index (χ2n) is 7.96. The number of rotatable bonds is 5. The van der Waals surface area contributed by atoms with Crippen LogP contribution in [0, 0.1) is 5.92 Å². The molecular formula is C21H27N3O4. The van der Waals surface area contributed by atoms with Crippen LogP contribution in [0.25, 0.3) is 0 Å². The number of benzene rings is 1. The van der Waals surface area contributed by atoms with E-state index in [2.05, 4.69) is 5.32 Å². The van der Waals surface area contributed by atoms with Gasteiger partial charge in [0.05, 0.1) is 11.1 Å². The molecule has 1 aromatic rings. The number of likely N-dealkylation sites (tertiary alicyclic amines) is 1. The quantitative estimate of drug-likeness (QED) is 0.784. The topological polar surface area (TPSA) is 86.8 Å². The van der Waals surface area contributed by atoms with Crippen molar-refractivity contribution in [3.8, 4) is 0 Å². The summed E-state index contributed by atoms with van der Waals surface area (Å²) in [5.74, 6) is -0.946. The van der Waals surface area contributed by atoms with E-state index in [0.29, 0.717) is 43.5 Å². The summed E-state index contributed by atoms with van der Waals surface area (Å²) in [6.07, 6.45) is 1.74. The van der Waals surface area contributed by atoms with Crippen molar-refractivity contribution in [2.45, 2.75) is 52.1 Å². The van der Waals surface area contributed by atoms with Crippen LogP contribution in [0.15, 0.2) is 24.3 Å². The number of hydrogen-bond donors (Lipinski definition) is 1. The van der Waals surface area contributed by atoms with Gasteiger partial charge in [0.2, 0.25) is 11.8 Å². The molecule has 0 radical (unpaired) electrons. The molecule has 0 bridgehead atoms. The molecule has 1 N–H and O–H groups in total. The first-order chi connectivity index (χ1) is 13.3. The van der Waals surface area contributed by atoms with Gasteiger partial charge in [-0.3, -0.25) is 24.1 Å². The predicted octanol–water partition coefficient (Wildman–Crippen LogP) is 1.82. The number of imide groups is 1. The largest absolute Gasteiger partial charge is 0.351 e. The van der Waals surface area contributed by atoms with E-state index in [9.17, 15) is 19.2 Å². The molecule has 0 spiro atoms. The van der Waals surface area contributed by atoms with Crippen LogP contribution in [0.5, 0.6) is 0 Å². The van der Waals surface area contributed by atoms with Crippen LogP contribution in [-0.2, 0) is 9.59 Å². The second-order valence-corrected chi connectivity index (χ2v) is 7.96. The number of carbonyl (C=O) groups excluding carboxylic acids is 4. The molecule has 0 saturated carbocycles. The zero-order valence-corrected chi connectivity index (χ0v) is 16.6. The molecule has 0 unspecified atom stereocenters. The molecule has 7 nitrogen and oxygen atoms in total. The molecule has 4 amide bonds. The lowest BCUT2D eigenvalue weighted by molar-refractivity contribution is -0.130. The highest BCUT2D eigenvalue weighted by atomic mass is 16.2. The van der Waals surface area contributed by atoms with Gasteiger partial charge in [-0.05, 0) is 37.3 Å². The molecule has 1 atom stereocenters. The van der Waals surface area contributed by atoms with Crippen LogP contribution < -0.4 is 5.32 Å². The average Bonchev–Trinajstić information content (AvgIpc) is 2.91. The summed E-state index contributed by atoms with van der Waals surface area (Å²) in [4.78, 5) is 53.1. The summed E-state index contributed by atoms with van der Waals surface area (Å²) >= 11 is 0. The number of nitrogens with zero attached hydrogens (tertiary/aromatic N) is 2. The number of piperidine rings is 1. The van der Waals surface area contributed by atoms with Crippen molar-refractivity contribution in [3.05, 3.63) is 35.4 Å². The summed E-state index contributed by atoms with van der Waals surface area (Å²) < 4.78 is 0. The van der Waals surface area contributed by atoms with Crippen molar-refractivity contribution in [2.24, 2.45) is 5.92 Å². The van der Waals surface area contributed by atoms with Gasteiger partial charge in [0.1, 0.15) is 6.04 Å². The predicted molar refractivity (Wildman–Crippen MR) is 104 cm³/mol. The molecule has 1 saturated heterocycles. The van der Waals surface area contributed by atoms with Gasteiger partial charge in [-0.2, -0.15) is 0 Å². The van der Waals surface area contributed by atoms with Crippen molar-refractivity contribution >= 4 is 23.6 Å². The van der Waals surface area contributed by atoms with E-state index >= 15 is 0 Å². The van der Waals surface area contributed by atoms with Crippen molar-refractivity contribution in [1.29, 1.82) is 0 Å². The third-order valence-electron chi connectivity index (χ3n) is 5.42. The highest BCUT2D eigenvalue weighted by Crippen LogP contribution is 2.27. The lowest BCUT2D eigenvalue weighted by Gasteiger charge is -2.34. The fourth-order valence-corrected chi connectivity index (χ4v) is 3.90. The van der Waals surface area contributed by atoms with Gasteiger partial charge in [0.15, 0.2) is 0 Å². The van der Waals surface area contributed by atoms with Crippen molar-refractivity contribution in [3.63, 3.8) is 0 Å². The zero-order valence-electron chi connectivity index (χ0n) is 16.6. The minimum absolute atomic E-state index is 0.0356. The first kappa shape index (κ1) is 20.0. The lowest BCUT2D eigenvalue weighted by Crippen LogP contribution is -2.54.